The molecular weight excluding hydrogens is 366 g/mol. The van der Waals surface area contributed by atoms with Crippen LogP contribution in [0.5, 0.6) is 11.5 Å². The normalized spacial score (nSPS) is 22.8. The zero-order valence-electron chi connectivity index (χ0n) is 16.6. The largest absolute Gasteiger partial charge is 0.486 e. The van der Waals surface area contributed by atoms with Crippen LogP contribution in [0.2, 0.25) is 0 Å². The molecule has 2 heterocycles. The van der Waals surface area contributed by atoms with E-state index in [1.54, 1.807) is 0 Å². The molecular formula is C24H27NO4. The second-order valence-electron chi connectivity index (χ2n) is 8.05. The number of hydrogen-bond donors (Lipinski definition) is 0. The van der Waals surface area contributed by atoms with Gasteiger partial charge in [0.1, 0.15) is 19.3 Å². The monoisotopic (exact) mass is 393 g/mol. The van der Waals surface area contributed by atoms with Crippen molar-refractivity contribution in [3.8, 4) is 11.5 Å². The number of ether oxygens (including phenoxy) is 3. The average Bonchev–Trinajstić information content (AvgIpc) is 3.32. The second-order valence-corrected chi connectivity index (χ2v) is 8.05. The number of carbonyl (C=O) groups is 1. The number of benzene rings is 2. The molecule has 0 saturated carbocycles. The van der Waals surface area contributed by atoms with E-state index in [0.717, 1.165) is 49.2 Å². The molecule has 2 atom stereocenters. The summed E-state index contributed by atoms with van der Waals surface area (Å²) >= 11 is 0. The number of nitrogens with zero attached hydrogens (tertiary/aromatic N) is 1. The fourth-order valence-electron chi connectivity index (χ4n) is 4.73. The molecule has 2 aliphatic heterocycles. The highest BCUT2D eigenvalue weighted by Gasteiger charge is 2.35. The topological polar surface area (TPSA) is 48.0 Å². The van der Waals surface area contributed by atoms with Crippen molar-refractivity contribution in [3.05, 3.63) is 59.2 Å². The first-order chi connectivity index (χ1) is 14.3. The minimum atomic E-state index is -0.318. The maximum atomic E-state index is 13.5. The van der Waals surface area contributed by atoms with Crippen molar-refractivity contribution in [3.63, 3.8) is 0 Å². The van der Waals surface area contributed by atoms with Gasteiger partial charge in [0.05, 0.1) is 6.04 Å². The molecule has 1 saturated heterocycles. The van der Waals surface area contributed by atoms with E-state index in [9.17, 15) is 4.79 Å². The van der Waals surface area contributed by atoms with Crippen molar-refractivity contribution in [2.45, 2.75) is 50.8 Å². The Labute approximate surface area is 171 Å². The molecule has 0 unspecified atom stereocenters. The molecule has 1 aliphatic carbocycles. The lowest BCUT2D eigenvalue weighted by Crippen LogP contribution is -2.42. The predicted octanol–water partition coefficient (Wildman–Crippen LogP) is 4.04. The first-order valence-corrected chi connectivity index (χ1v) is 10.7. The number of aryl methyl sites for hydroxylation is 1. The van der Waals surface area contributed by atoms with E-state index in [-0.39, 0.29) is 18.1 Å². The Morgan fingerprint density at radius 3 is 2.69 bits per heavy atom. The van der Waals surface area contributed by atoms with Crippen molar-refractivity contribution in [1.82, 2.24) is 4.90 Å². The van der Waals surface area contributed by atoms with Crippen LogP contribution in [0.25, 0.3) is 0 Å². The number of amides is 1. The third-order valence-electron chi connectivity index (χ3n) is 6.16. The van der Waals surface area contributed by atoms with Crippen molar-refractivity contribution in [2.75, 3.05) is 19.8 Å². The third-order valence-corrected chi connectivity index (χ3v) is 6.16. The highest BCUT2D eigenvalue weighted by atomic mass is 16.6. The highest BCUT2D eigenvalue weighted by molar-refractivity contribution is 5.81. The first kappa shape index (κ1) is 18.5. The van der Waals surface area contributed by atoms with Gasteiger partial charge in [-0.1, -0.05) is 30.3 Å². The summed E-state index contributed by atoms with van der Waals surface area (Å²) in [6.45, 7) is 2.36. The summed E-state index contributed by atoms with van der Waals surface area (Å²) in [7, 11) is 0. The lowest BCUT2D eigenvalue weighted by Gasteiger charge is -2.37. The van der Waals surface area contributed by atoms with E-state index in [2.05, 4.69) is 24.3 Å². The summed E-state index contributed by atoms with van der Waals surface area (Å²) < 4.78 is 17.2. The third kappa shape index (κ3) is 3.71. The highest BCUT2D eigenvalue weighted by Crippen LogP contribution is 2.37. The van der Waals surface area contributed by atoms with Crippen LogP contribution in [-0.4, -0.2) is 36.7 Å². The fourth-order valence-corrected chi connectivity index (χ4v) is 4.73. The zero-order chi connectivity index (χ0) is 19.6. The van der Waals surface area contributed by atoms with E-state index in [1.165, 1.54) is 11.1 Å². The van der Waals surface area contributed by atoms with E-state index in [0.29, 0.717) is 26.4 Å². The Hall–Kier alpha value is -2.53. The predicted molar refractivity (Wildman–Crippen MR) is 109 cm³/mol. The van der Waals surface area contributed by atoms with E-state index < -0.39 is 0 Å². The molecule has 0 radical (unpaired) electrons. The molecule has 152 valence electrons. The molecule has 5 rings (SSSR count). The Bertz CT molecular complexity index is 890. The van der Waals surface area contributed by atoms with Crippen LogP contribution >= 0.6 is 0 Å². The summed E-state index contributed by atoms with van der Waals surface area (Å²) in [4.78, 5) is 15.5. The van der Waals surface area contributed by atoms with Gasteiger partial charge in [0.2, 0.25) is 0 Å². The van der Waals surface area contributed by atoms with Gasteiger partial charge >= 0.3 is 0 Å². The summed E-state index contributed by atoms with van der Waals surface area (Å²) in [6.07, 6.45) is 4.61. The van der Waals surface area contributed by atoms with Crippen LogP contribution in [-0.2, 0) is 22.5 Å². The standard InChI is InChI=1S/C24H27NO4/c26-24(22-9-4-12-27-22)25(20-8-3-6-18-5-1-2-7-19(18)20)16-17-10-11-21-23(15-17)29-14-13-28-21/h1-2,5,7,10-11,15,20,22H,3-4,6,8-9,12-14,16H2/t20-,22+/m1/s1. The van der Waals surface area contributed by atoms with Gasteiger partial charge in [-0.05, 0) is 60.9 Å². The first-order valence-electron chi connectivity index (χ1n) is 10.7. The Balaban J connectivity index is 1.47. The lowest BCUT2D eigenvalue weighted by molar-refractivity contribution is -0.144. The number of carbonyl (C=O) groups excluding carboxylic acids is 1. The average molecular weight is 393 g/mol. The second kappa shape index (κ2) is 8.07. The molecule has 5 heteroatoms. The zero-order valence-corrected chi connectivity index (χ0v) is 16.6. The van der Waals surface area contributed by atoms with Crippen LogP contribution in [0.15, 0.2) is 42.5 Å². The summed E-state index contributed by atoms with van der Waals surface area (Å²) in [5.74, 6) is 1.65. The Kier molecular flexibility index (Phi) is 5.15. The molecule has 29 heavy (non-hydrogen) atoms. The van der Waals surface area contributed by atoms with E-state index >= 15 is 0 Å². The van der Waals surface area contributed by atoms with Crippen molar-refractivity contribution < 1.29 is 19.0 Å². The van der Waals surface area contributed by atoms with Gasteiger partial charge in [0, 0.05) is 13.2 Å². The van der Waals surface area contributed by atoms with Crippen LogP contribution in [0.3, 0.4) is 0 Å². The van der Waals surface area contributed by atoms with E-state index in [1.807, 2.05) is 23.1 Å². The molecule has 0 N–H and O–H groups in total. The van der Waals surface area contributed by atoms with Crippen LogP contribution in [0, 0.1) is 0 Å². The molecule has 0 bridgehead atoms. The van der Waals surface area contributed by atoms with Gasteiger partial charge in [-0.25, -0.2) is 0 Å². The van der Waals surface area contributed by atoms with Gasteiger partial charge < -0.3 is 19.1 Å². The minimum Gasteiger partial charge on any atom is -0.486 e. The number of rotatable bonds is 4. The lowest BCUT2D eigenvalue weighted by atomic mass is 9.86. The van der Waals surface area contributed by atoms with Crippen molar-refractivity contribution in [2.24, 2.45) is 0 Å². The van der Waals surface area contributed by atoms with Crippen LogP contribution in [0.1, 0.15) is 48.4 Å². The van der Waals surface area contributed by atoms with Gasteiger partial charge in [-0.15, -0.1) is 0 Å². The summed E-state index contributed by atoms with van der Waals surface area (Å²) in [5, 5.41) is 0. The van der Waals surface area contributed by atoms with Gasteiger partial charge in [-0.2, -0.15) is 0 Å². The fraction of sp³-hybridized carbons (Fsp3) is 0.458. The quantitative estimate of drug-likeness (QED) is 0.787. The van der Waals surface area contributed by atoms with Gasteiger partial charge in [0.15, 0.2) is 11.5 Å². The van der Waals surface area contributed by atoms with Crippen LogP contribution in [0.4, 0.5) is 0 Å². The smallest absolute Gasteiger partial charge is 0.252 e. The molecule has 5 nitrogen and oxygen atoms in total. The molecule has 2 aromatic rings. The molecule has 3 aliphatic rings. The minimum absolute atomic E-state index is 0.0878. The Morgan fingerprint density at radius 1 is 0.966 bits per heavy atom. The maximum Gasteiger partial charge on any atom is 0.252 e. The molecule has 2 aromatic carbocycles. The summed E-state index contributed by atoms with van der Waals surface area (Å²) in [6, 6.07) is 14.6. The molecule has 0 aromatic heterocycles. The van der Waals surface area contributed by atoms with Gasteiger partial charge in [-0.3, -0.25) is 4.79 Å². The van der Waals surface area contributed by atoms with Crippen LogP contribution < -0.4 is 9.47 Å². The maximum absolute atomic E-state index is 13.5. The number of fused-ring (bicyclic) bond motifs is 2. The summed E-state index contributed by atoms with van der Waals surface area (Å²) in [5.41, 5.74) is 3.70. The van der Waals surface area contributed by atoms with E-state index in [4.69, 9.17) is 14.2 Å². The Morgan fingerprint density at radius 2 is 1.83 bits per heavy atom. The number of hydrogen-bond acceptors (Lipinski definition) is 4. The van der Waals surface area contributed by atoms with Crippen molar-refractivity contribution in [1.29, 1.82) is 0 Å². The van der Waals surface area contributed by atoms with Gasteiger partial charge in [0.25, 0.3) is 5.91 Å². The SMILES string of the molecule is O=C([C@@H]1CCCO1)N(Cc1ccc2c(c1)OCCO2)[C@@H]1CCCc2ccccc21. The van der Waals surface area contributed by atoms with Crippen molar-refractivity contribution >= 4 is 5.91 Å². The molecule has 1 amide bonds. The molecule has 0 spiro atoms. The molecule has 1 fully saturated rings.